The van der Waals surface area contributed by atoms with Gasteiger partial charge in [-0.2, -0.15) is 0 Å². The van der Waals surface area contributed by atoms with Crippen LogP contribution >= 0.6 is 24.0 Å². The quantitative estimate of drug-likeness (QED) is 0.389. The van der Waals surface area contributed by atoms with Crippen molar-refractivity contribution in [3.63, 3.8) is 0 Å². The number of nitrogens with one attached hydrogen (secondary N) is 1. The van der Waals surface area contributed by atoms with E-state index in [9.17, 15) is 0 Å². The van der Waals surface area contributed by atoms with E-state index < -0.39 is 0 Å². The molecule has 1 unspecified atom stereocenters. The molecule has 148 valence electrons. The van der Waals surface area contributed by atoms with Gasteiger partial charge in [0.15, 0.2) is 5.96 Å². The number of aliphatic imine (C=N–C) groups is 1. The van der Waals surface area contributed by atoms with Crippen LogP contribution in [-0.2, 0) is 11.2 Å². The summed E-state index contributed by atoms with van der Waals surface area (Å²) in [6, 6.07) is 4.59. The SMILES string of the molecule is CC(C)CN=C(NCCc1ccco1)N1CCC(N2CCOCC2)C1.I. The summed E-state index contributed by atoms with van der Waals surface area (Å²) < 4.78 is 10.9. The molecule has 1 aromatic heterocycles. The first-order valence-corrected chi connectivity index (χ1v) is 9.60. The highest BCUT2D eigenvalue weighted by molar-refractivity contribution is 14.0. The molecule has 3 heterocycles. The van der Waals surface area contributed by atoms with Crippen molar-refractivity contribution in [2.75, 3.05) is 52.5 Å². The highest BCUT2D eigenvalue weighted by atomic mass is 127. The van der Waals surface area contributed by atoms with Gasteiger partial charge in [-0.3, -0.25) is 9.89 Å². The van der Waals surface area contributed by atoms with Crippen LogP contribution in [-0.4, -0.2) is 74.3 Å². The molecule has 0 bridgehead atoms. The fourth-order valence-corrected chi connectivity index (χ4v) is 3.46. The van der Waals surface area contributed by atoms with Gasteiger partial charge in [-0.1, -0.05) is 13.8 Å². The van der Waals surface area contributed by atoms with Crippen LogP contribution in [0.1, 0.15) is 26.0 Å². The lowest BCUT2D eigenvalue weighted by atomic mass is 10.2. The monoisotopic (exact) mass is 476 g/mol. The minimum atomic E-state index is 0. The summed E-state index contributed by atoms with van der Waals surface area (Å²) in [7, 11) is 0. The van der Waals surface area contributed by atoms with Gasteiger partial charge in [-0.15, -0.1) is 24.0 Å². The molecule has 0 aliphatic carbocycles. The minimum Gasteiger partial charge on any atom is -0.469 e. The number of hydrogen-bond acceptors (Lipinski definition) is 4. The van der Waals surface area contributed by atoms with E-state index in [1.54, 1.807) is 6.26 Å². The molecular weight excluding hydrogens is 443 g/mol. The molecule has 2 saturated heterocycles. The van der Waals surface area contributed by atoms with Crippen molar-refractivity contribution in [1.29, 1.82) is 0 Å². The number of halogens is 1. The summed E-state index contributed by atoms with van der Waals surface area (Å²) >= 11 is 0. The Balaban J connectivity index is 0.00000243. The smallest absolute Gasteiger partial charge is 0.193 e. The Morgan fingerprint density at radius 1 is 1.31 bits per heavy atom. The van der Waals surface area contributed by atoms with Gasteiger partial charge in [0.1, 0.15) is 5.76 Å². The van der Waals surface area contributed by atoms with Crippen LogP contribution in [0.2, 0.25) is 0 Å². The predicted octanol–water partition coefficient (Wildman–Crippen LogP) is 2.45. The Morgan fingerprint density at radius 2 is 2.12 bits per heavy atom. The van der Waals surface area contributed by atoms with Gasteiger partial charge >= 0.3 is 0 Å². The van der Waals surface area contributed by atoms with E-state index in [0.29, 0.717) is 12.0 Å². The summed E-state index contributed by atoms with van der Waals surface area (Å²) in [6.45, 7) is 12.1. The highest BCUT2D eigenvalue weighted by Gasteiger charge is 2.30. The minimum absolute atomic E-state index is 0. The van der Waals surface area contributed by atoms with Crippen LogP contribution in [0.15, 0.2) is 27.8 Å². The summed E-state index contributed by atoms with van der Waals surface area (Å²) in [5.41, 5.74) is 0. The van der Waals surface area contributed by atoms with Gasteiger partial charge in [-0.25, -0.2) is 0 Å². The maximum absolute atomic E-state index is 5.49. The lowest BCUT2D eigenvalue weighted by molar-refractivity contribution is 0.0195. The molecule has 3 rings (SSSR count). The molecule has 1 aromatic rings. The third kappa shape index (κ3) is 6.42. The normalized spacial score (nSPS) is 21.9. The first-order valence-electron chi connectivity index (χ1n) is 9.60. The molecule has 2 aliphatic heterocycles. The Hall–Kier alpha value is -0.800. The van der Waals surface area contributed by atoms with Crippen molar-refractivity contribution in [3.8, 4) is 0 Å². The predicted molar refractivity (Wildman–Crippen MR) is 115 cm³/mol. The van der Waals surface area contributed by atoms with E-state index in [1.807, 2.05) is 12.1 Å². The first-order chi connectivity index (χ1) is 12.2. The number of rotatable bonds is 6. The van der Waals surface area contributed by atoms with E-state index in [1.165, 1.54) is 6.42 Å². The van der Waals surface area contributed by atoms with Gasteiger partial charge < -0.3 is 19.4 Å². The fourth-order valence-electron chi connectivity index (χ4n) is 3.46. The molecule has 6 nitrogen and oxygen atoms in total. The van der Waals surface area contributed by atoms with Crippen LogP contribution in [0.25, 0.3) is 0 Å². The Labute approximate surface area is 174 Å². The van der Waals surface area contributed by atoms with E-state index in [2.05, 4.69) is 29.0 Å². The molecular formula is C19H33IN4O2. The number of guanidine groups is 1. The van der Waals surface area contributed by atoms with Gasteiger partial charge in [0, 0.05) is 51.7 Å². The standard InChI is InChI=1S/C19H32N4O2.HI/c1-16(2)14-21-19(20-7-5-18-4-3-11-25-18)23-8-6-17(15-23)22-9-12-24-13-10-22;/h3-4,11,16-17H,5-10,12-15H2,1-2H3,(H,20,21);1H. The second kappa shape index (κ2) is 11.1. The van der Waals surface area contributed by atoms with Crippen molar-refractivity contribution >= 4 is 29.9 Å². The van der Waals surface area contributed by atoms with Gasteiger partial charge in [0.05, 0.1) is 19.5 Å². The summed E-state index contributed by atoms with van der Waals surface area (Å²) in [4.78, 5) is 9.86. The lowest BCUT2D eigenvalue weighted by Gasteiger charge is -2.32. The topological polar surface area (TPSA) is 53.2 Å². The molecule has 26 heavy (non-hydrogen) atoms. The highest BCUT2D eigenvalue weighted by Crippen LogP contribution is 2.17. The number of ether oxygens (including phenoxy) is 1. The molecule has 0 radical (unpaired) electrons. The largest absolute Gasteiger partial charge is 0.469 e. The van der Waals surface area contributed by atoms with E-state index >= 15 is 0 Å². The Morgan fingerprint density at radius 3 is 2.81 bits per heavy atom. The van der Waals surface area contributed by atoms with Crippen LogP contribution in [0.3, 0.4) is 0 Å². The molecule has 2 fully saturated rings. The molecule has 1 N–H and O–H groups in total. The Kier molecular flexibility index (Phi) is 9.21. The molecule has 1 atom stereocenters. The molecule has 0 amide bonds. The summed E-state index contributed by atoms with van der Waals surface area (Å²) in [5, 5.41) is 3.55. The van der Waals surface area contributed by atoms with Crippen LogP contribution in [0.4, 0.5) is 0 Å². The number of likely N-dealkylation sites (tertiary alicyclic amines) is 1. The fraction of sp³-hybridized carbons (Fsp3) is 0.737. The van der Waals surface area contributed by atoms with Crippen molar-refractivity contribution in [2.24, 2.45) is 10.9 Å². The van der Waals surface area contributed by atoms with E-state index in [-0.39, 0.29) is 24.0 Å². The van der Waals surface area contributed by atoms with E-state index in [4.69, 9.17) is 14.1 Å². The van der Waals surface area contributed by atoms with Crippen molar-refractivity contribution < 1.29 is 9.15 Å². The molecule has 0 saturated carbocycles. The van der Waals surface area contributed by atoms with Crippen molar-refractivity contribution in [2.45, 2.75) is 32.7 Å². The summed E-state index contributed by atoms with van der Waals surface area (Å²) in [5.74, 6) is 2.64. The first kappa shape index (κ1) is 21.5. The van der Waals surface area contributed by atoms with Crippen LogP contribution < -0.4 is 5.32 Å². The molecule has 7 heteroatoms. The van der Waals surface area contributed by atoms with Crippen LogP contribution in [0.5, 0.6) is 0 Å². The Bertz CT molecular complexity index is 530. The zero-order valence-electron chi connectivity index (χ0n) is 16.0. The third-order valence-electron chi connectivity index (χ3n) is 4.87. The number of morpholine rings is 1. The maximum Gasteiger partial charge on any atom is 0.193 e. The molecule has 0 aromatic carbocycles. The average Bonchev–Trinajstić information content (AvgIpc) is 3.30. The zero-order chi connectivity index (χ0) is 17.5. The lowest BCUT2D eigenvalue weighted by Crippen LogP contribution is -2.47. The van der Waals surface area contributed by atoms with Gasteiger partial charge in [0.25, 0.3) is 0 Å². The maximum atomic E-state index is 5.49. The number of furan rings is 1. The van der Waals surface area contributed by atoms with Crippen molar-refractivity contribution in [1.82, 2.24) is 15.1 Å². The second-order valence-corrected chi connectivity index (χ2v) is 7.35. The van der Waals surface area contributed by atoms with Crippen LogP contribution in [0, 0.1) is 5.92 Å². The van der Waals surface area contributed by atoms with Gasteiger partial charge in [0.2, 0.25) is 0 Å². The summed E-state index contributed by atoms with van der Waals surface area (Å²) in [6.07, 6.45) is 3.82. The molecule has 2 aliphatic rings. The van der Waals surface area contributed by atoms with Crippen molar-refractivity contribution in [3.05, 3.63) is 24.2 Å². The zero-order valence-corrected chi connectivity index (χ0v) is 18.4. The number of nitrogens with zero attached hydrogens (tertiary/aromatic N) is 3. The van der Waals surface area contributed by atoms with E-state index in [0.717, 1.165) is 70.6 Å². The third-order valence-corrected chi connectivity index (χ3v) is 4.87. The number of hydrogen-bond donors (Lipinski definition) is 1. The molecule has 0 spiro atoms. The average molecular weight is 476 g/mol. The van der Waals surface area contributed by atoms with Gasteiger partial charge in [-0.05, 0) is 24.5 Å². The second-order valence-electron chi connectivity index (χ2n) is 7.35.